The lowest BCUT2D eigenvalue weighted by Crippen LogP contribution is -2.29. The largest absolute Gasteiger partial charge is 0.263 e. The number of para-hydroxylation sites is 1. The lowest BCUT2D eigenvalue weighted by Gasteiger charge is -2.02. The average Bonchev–Trinajstić information content (AvgIpc) is 2.40. The van der Waals surface area contributed by atoms with Crippen molar-refractivity contribution in [2.24, 2.45) is 0 Å². The third-order valence-corrected chi connectivity index (χ3v) is 2.73. The highest BCUT2D eigenvalue weighted by molar-refractivity contribution is 6.66. The van der Waals surface area contributed by atoms with Crippen LogP contribution < -0.4 is 11.1 Å². The van der Waals surface area contributed by atoms with Crippen LogP contribution in [0.4, 0.5) is 0 Å². The van der Waals surface area contributed by atoms with Gasteiger partial charge in [-0.1, -0.05) is 60.1 Å². The van der Waals surface area contributed by atoms with Crippen molar-refractivity contribution >= 4 is 29.2 Å². The first kappa shape index (κ1) is 10.1. The molecular weight excluding hydrogens is 205 g/mol. The SMILES string of the molecule is [B](c1ccccc1)c1ccc2ccccc2n1. The van der Waals surface area contributed by atoms with Crippen LogP contribution in [0, 0.1) is 0 Å². The predicted octanol–water partition coefficient (Wildman–Crippen LogP) is 1.89. The molecule has 0 fully saturated rings. The van der Waals surface area contributed by atoms with Crippen molar-refractivity contribution in [3.05, 3.63) is 66.7 Å². The molecule has 2 heteroatoms. The molecule has 0 saturated heterocycles. The zero-order chi connectivity index (χ0) is 11.5. The lowest BCUT2D eigenvalue weighted by atomic mass is 9.67. The molecule has 0 aliphatic rings. The minimum absolute atomic E-state index is 0.995. The van der Waals surface area contributed by atoms with Crippen molar-refractivity contribution in [2.75, 3.05) is 0 Å². The van der Waals surface area contributed by atoms with Crippen LogP contribution in [-0.4, -0.2) is 12.3 Å². The first-order valence-corrected chi connectivity index (χ1v) is 5.67. The highest BCUT2D eigenvalue weighted by Crippen LogP contribution is 2.07. The van der Waals surface area contributed by atoms with Crippen molar-refractivity contribution in [3.8, 4) is 0 Å². The minimum Gasteiger partial charge on any atom is -0.263 e. The Labute approximate surface area is 101 Å². The van der Waals surface area contributed by atoms with Crippen molar-refractivity contribution in [2.45, 2.75) is 0 Å². The van der Waals surface area contributed by atoms with Gasteiger partial charge in [0.25, 0.3) is 0 Å². The molecule has 0 amide bonds. The van der Waals surface area contributed by atoms with Gasteiger partial charge in [0.15, 0.2) is 0 Å². The summed E-state index contributed by atoms with van der Waals surface area (Å²) < 4.78 is 0. The minimum atomic E-state index is 0.995. The van der Waals surface area contributed by atoms with Crippen LogP contribution in [0.25, 0.3) is 10.9 Å². The Hall–Kier alpha value is -2.09. The van der Waals surface area contributed by atoms with Gasteiger partial charge in [-0.25, -0.2) is 0 Å². The van der Waals surface area contributed by atoms with Crippen molar-refractivity contribution in [1.82, 2.24) is 4.98 Å². The summed E-state index contributed by atoms with van der Waals surface area (Å²) >= 11 is 0. The maximum Gasteiger partial charge on any atom is 0.217 e. The summed E-state index contributed by atoms with van der Waals surface area (Å²) in [4.78, 5) is 4.61. The molecule has 3 rings (SSSR count). The van der Waals surface area contributed by atoms with Gasteiger partial charge >= 0.3 is 0 Å². The summed E-state index contributed by atoms with van der Waals surface area (Å²) in [6.07, 6.45) is 0. The normalized spacial score (nSPS) is 10.4. The van der Waals surface area contributed by atoms with Crippen LogP contribution in [0.15, 0.2) is 66.7 Å². The monoisotopic (exact) mass is 216 g/mol. The molecule has 0 atom stereocenters. The van der Waals surface area contributed by atoms with Gasteiger partial charge in [0.2, 0.25) is 7.28 Å². The molecule has 0 bridgehead atoms. The molecule has 0 spiro atoms. The van der Waals surface area contributed by atoms with Gasteiger partial charge in [-0.05, 0) is 12.1 Å². The summed E-state index contributed by atoms with van der Waals surface area (Å²) in [6.45, 7) is 0. The van der Waals surface area contributed by atoms with Gasteiger partial charge < -0.3 is 0 Å². The molecule has 1 aromatic heterocycles. The molecule has 2 aromatic carbocycles. The fourth-order valence-electron chi connectivity index (χ4n) is 1.88. The molecule has 0 N–H and O–H groups in total. The maximum atomic E-state index is 4.61. The van der Waals surface area contributed by atoms with Crippen LogP contribution in [-0.2, 0) is 0 Å². The molecule has 0 saturated carbocycles. The highest BCUT2D eigenvalue weighted by atomic mass is 14.7. The summed E-state index contributed by atoms with van der Waals surface area (Å²) in [6, 6.07) is 22.6. The zero-order valence-corrected chi connectivity index (χ0v) is 9.38. The Bertz CT molecular complexity index is 635. The molecule has 79 valence electrons. The smallest absolute Gasteiger partial charge is 0.217 e. The van der Waals surface area contributed by atoms with E-state index in [1.165, 1.54) is 10.8 Å². The fraction of sp³-hybridized carbons (Fsp3) is 0. The number of rotatable bonds is 2. The quantitative estimate of drug-likeness (QED) is 0.596. The number of nitrogens with zero attached hydrogens (tertiary/aromatic N) is 1. The summed E-state index contributed by atoms with van der Waals surface area (Å²) in [7, 11) is 2.09. The van der Waals surface area contributed by atoms with E-state index in [1.54, 1.807) is 0 Å². The topological polar surface area (TPSA) is 12.9 Å². The van der Waals surface area contributed by atoms with Crippen LogP contribution in [0.2, 0.25) is 0 Å². The molecule has 0 aliphatic carbocycles. The van der Waals surface area contributed by atoms with E-state index in [4.69, 9.17) is 0 Å². The maximum absolute atomic E-state index is 4.61. The third kappa shape index (κ3) is 2.21. The Kier molecular flexibility index (Phi) is 2.62. The Morgan fingerprint density at radius 1 is 0.706 bits per heavy atom. The number of aromatic nitrogens is 1. The van der Waals surface area contributed by atoms with E-state index in [1.807, 2.05) is 36.4 Å². The molecule has 0 aliphatic heterocycles. The second-order valence-corrected chi connectivity index (χ2v) is 3.98. The number of benzene rings is 2. The van der Waals surface area contributed by atoms with Crippen molar-refractivity contribution in [3.63, 3.8) is 0 Å². The lowest BCUT2D eigenvalue weighted by molar-refractivity contribution is 1.47. The number of pyridine rings is 1. The third-order valence-electron chi connectivity index (χ3n) is 2.73. The highest BCUT2D eigenvalue weighted by Gasteiger charge is 2.01. The second-order valence-electron chi connectivity index (χ2n) is 3.98. The van der Waals surface area contributed by atoms with E-state index in [-0.39, 0.29) is 0 Å². The molecule has 1 nitrogen and oxygen atoms in total. The standard InChI is InChI=1S/C15H11BN/c1-2-7-13(8-3-1)16-15-11-10-12-6-4-5-9-14(12)17-15/h1-11H. The summed E-state index contributed by atoms with van der Waals surface area (Å²) in [5, 5.41) is 1.18. The van der Waals surface area contributed by atoms with E-state index in [9.17, 15) is 0 Å². The Balaban J connectivity index is 1.96. The van der Waals surface area contributed by atoms with E-state index < -0.39 is 0 Å². The molecule has 17 heavy (non-hydrogen) atoms. The first-order chi connectivity index (χ1) is 8.42. The average molecular weight is 216 g/mol. The van der Waals surface area contributed by atoms with E-state index in [0.717, 1.165) is 11.1 Å². The predicted molar refractivity (Wildman–Crippen MR) is 73.2 cm³/mol. The van der Waals surface area contributed by atoms with Crippen molar-refractivity contribution < 1.29 is 0 Å². The van der Waals surface area contributed by atoms with Crippen LogP contribution in [0.1, 0.15) is 0 Å². The van der Waals surface area contributed by atoms with E-state index in [2.05, 4.69) is 42.6 Å². The van der Waals surface area contributed by atoms with Gasteiger partial charge in [-0.3, -0.25) is 4.98 Å². The summed E-state index contributed by atoms with van der Waals surface area (Å²) in [5.74, 6) is 0. The molecule has 3 aromatic rings. The van der Waals surface area contributed by atoms with Crippen LogP contribution in [0.5, 0.6) is 0 Å². The Morgan fingerprint density at radius 3 is 2.35 bits per heavy atom. The number of fused-ring (bicyclic) bond motifs is 1. The molecule has 1 heterocycles. The molecule has 1 radical (unpaired) electrons. The van der Waals surface area contributed by atoms with Gasteiger partial charge in [-0.2, -0.15) is 0 Å². The van der Waals surface area contributed by atoms with Gasteiger partial charge in [0.1, 0.15) is 0 Å². The van der Waals surface area contributed by atoms with Crippen LogP contribution >= 0.6 is 0 Å². The summed E-state index contributed by atoms with van der Waals surface area (Å²) in [5.41, 5.74) is 3.21. The Morgan fingerprint density at radius 2 is 1.47 bits per heavy atom. The first-order valence-electron chi connectivity index (χ1n) is 5.67. The molecule has 0 unspecified atom stereocenters. The van der Waals surface area contributed by atoms with E-state index in [0.29, 0.717) is 0 Å². The van der Waals surface area contributed by atoms with E-state index >= 15 is 0 Å². The molecular formula is C15H11BN. The van der Waals surface area contributed by atoms with Gasteiger partial charge in [0, 0.05) is 11.0 Å². The number of hydrogen-bond donors (Lipinski definition) is 0. The van der Waals surface area contributed by atoms with Crippen LogP contribution in [0.3, 0.4) is 0 Å². The number of hydrogen-bond acceptors (Lipinski definition) is 1. The fourth-order valence-corrected chi connectivity index (χ4v) is 1.88. The second kappa shape index (κ2) is 4.42. The van der Waals surface area contributed by atoms with Crippen molar-refractivity contribution in [1.29, 1.82) is 0 Å². The van der Waals surface area contributed by atoms with Gasteiger partial charge in [0.05, 0.1) is 5.52 Å². The van der Waals surface area contributed by atoms with Gasteiger partial charge in [-0.15, -0.1) is 0 Å². The zero-order valence-electron chi connectivity index (χ0n) is 9.38.